The van der Waals surface area contributed by atoms with E-state index in [4.69, 9.17) is 0 Å². The van der Waals surface area contributed by atoms with E-state index in [0.29, 0.717) is 17.9 Å². The molecular formula is C15H23N3O3S. The van der Waals surface area contributed by atoms with Crippen LogP contribution in [0.15, 0.2) is 6.07 Å². The van der Waals surface area contributed by atoms with Crippen molar-refractivity contribution in [1.29, 1.82) is 0 Å². The number of nitrogens with zero attached hydrogens (tertiary/aromatic N) is 2. The zero-order chi connectivity index (χ0) is 16.3. The maximum atomic E-state index is 12.4. The molecule has 1 aromatic rings. The standard InChI is InChI=1S/C15H23N3O3S/c1-4-11(5-2)18-10(3)8-12(17-18)13(19)16-15(14(20)21)6-7-22-9-15/h8,11H,4-7,9H2,1-3H3,(H,16,19)(H,20,21). The van der Waals surface area contributed by atoms with E-state index in [1.807, 2.05) is 11.6 Å². The Morgan fingerprint density at radius 2 is 2.18 bits per heavy atom. The molecule has 1 saturated heterocycles. The van der Waals surface area contributed by atoms with E-state index in [9.17, 15) is 14.7 Å². The Hall–Kier alpha value is -1.50. The fourth-order valence-electron chi connectivity index (χ4n) is 2.77. The molecule has 6 nitrogen and oxygen atoms in total. The summed E-state index contributed by atoms with van der Waals surface area (Å²) < 4.78 is 1.87. The highest BCUT2D eigenvalue weighted by molar-refractivity contribution is 7.99. The molecule has 122 valence electrons. The molecule has 0 radical (unpaired) electrons. The van der Waals surface area contributed by atoms with Gasteiger partial charge in [0, 0.05) is 11.4 Å². The zero-order valence-electron chi connectivity index (χ0n) is 13.3. The number of hydrogen-bond donors (Lipinski definition) is 2. The molecule has 0 bridgehead atoms. The van der Waals surface area contributed by atoms with E-state index in [2.05, 4.69) is 24.3 Å². The van der Waals surface area contributed by atoms with Crippen LogP contribution in [0, 0.1) is 6.92 Å². The first-order valence-corrected chi connectivity index (χ1v) is 8.78. The van der Waals surface area contributed by atoms with Gasteiger partial charge in [0.15, 0.2) is 0 Å². The first kappa shape index (κ1) is 16.9. The van der Waals surface area contributed by atoms with Crippen molar-refractivity contribution in [3.05, 3.63) is 17.5 Å². The number of amides is 1. The van der Waals surface area contributed by atoms with Crippen LogP contribution in [0.25, 0.3) is 0 Å². The molecule has 1 fully saturated rings. The van der Waals surface area contributed by atoms with Gasteiger partial charge in [-0.2, -0.15) is 16.9 Å². The predicted molar refractivity (Wildman–Crippen MR) is 86.4 cm³/mol. The average Bonchev–Trinajstić information content (AvgIpc) is 3.09. The minimum Gasteiger partial charge on any atom is -0.479 e. The maximum Gasteiger partial charge on any atom is 0.330 e. The normalized spacial score (nSPS) is 21.3. The Bertz CT molecular complexity index is 560. The minimum absolute atomic E-state index is 0.261. The molecule has 22 heavy (non-hydrogen) atoms. The summed E-state index contributed by atoms with van der Waals surface area (Å²) in [6.45, 7) is 6.09. The Morgan fingerprint density at radius 3 is 2.68 bits per heavy atom. The first-order chi connectivity index (χ1) is 10.4. The van der Waals surface area contributed by atoms with Gasteiger partial charge >= 0.3 is 5.97 Å². The van der Waals surface area contributed by atoms with Gasteiger partial charge in [-0.3, -0.25) is 9.48 Å². The van der Waals surface area contributed by atoms with Crippen molar-refractivity contribution in [3.8, 4) is 0 Å². The van der Waals surface area contributed by atoms with Crippen molar-refractivity contribution in [1.82, 2.24) is 15.1 Å². The molecule has 0 spiro atoms. The monoisotopic (exact) mass is 325 g/mol. The van der Waals surface area contributed by atoms with Gasteiger partial charge in [-0.25, -0.2) is 4.79 Å². The third-order valence-corrected chi connectivity index (χ3v) is 5.42. The number of nitrogens with one attached hydrogen (secondary N) is 1. The Labute approximate surface area is 134 Å². The molecule has 1 unspecified atom stereocenters. The number of aryl methyl sites for hydroxylation is 1. The molecule has 1 aromatic heterocycles. The molecule has 7 heteroatoms. The lowest BCUT2D eigenvalue weighted by Gasteiger charge is -2.23. The van der Waals surface area contributed by atoms with Gasteiger partial charge in [0.25, 0.3) is 5.91 Å². The van der Waals surface area contributed by atoms with Crippen molar-refractivity contribution in [2.24, 2.45) is 0 Å². The van der Waals surface area contributed by atoms with Crippen LogP contribution in [-0.4, -0.2) is 43.8 Å². The fourth-order valence-corrected chi connectivity index (χ4v) is 4.10. The predicted octanol–water partition coefficient (Wildman–Crippen LogP) is 2.24. The van der Waals surface area contributed by atoms with Crippen LogP contribution in [0.4, 0.5) is 0 Å². The molecule has 1 aliphatic heterocycles. The first-order valence-electron chi connectivity index (χ1n) is 7.63. The van der Waals surface area contributed by atoms with E-state index >= 15 is 0 Å². The number of rotatable bonds is 6. The lowest BCUT2D eigenvalue weighted by atomic mass is 9.99. The summed E-state index contributed by atoms with van der Waals surface area (Å²) in [6.07, 6.45) is 2.33. The lowest BCUT2D eigenvalue weighted by molar-refractivity contribution is -0.143. The van der Waals surface area contributed by atoms with Crippen LogP contribution in [0.5, 0.6) is 0 Å². The summed E-state index contributed by atoms with van der Waals surface area (Å²) in [5, 5.41) is 16.5. The van der Waals surface area contributed by atoms with Gasteiger partial charge in [-0.1, -0.05) is 13.8 Å². The highest BCUT2D eigenvalue weighted by Gasteiger charge is 2.43. The quantitative estimate of drug-likeness (QED) is 0.838. The smallest absolute Gasteiger partial charge is 0.330 e. The van der Waals surface area contributed by atoms with Crippen molar-refractivity contribution in [3.63, 3.8) is 0 Å². The number of carboxylic acid groups (broad SMARTS) is 1. The largest absolute Gasteiger partial charge is 0.479 e. The second-order valence-electron chi connectivity index (χ2n) is 5.73. The number of hydrogen-bond acceptors (Lipinski definition) is 4. The summed E-state index contributed by atoms with van der Waals surface area (Å²) >= 11 is 1.55. The molecule has 1 amide bonds. The zero-order valence-corrected chi connectivity index (χ0v) is 14.1. The van der Waals surface area contributed by atoms with Gasteiger partial charge in [0.1, 0.15) is 11.2 Å². The molecule has 0 aromatic carbocycles. The van der Waals surface area contributed by atoms with Crippen LogP contribution < -0.4 is 5.32 Å². The van der Waals surface area contributed by atoms with Crippen molar-refractivity contribution >= 4 is 23.6 Å². The highest BCUT2D eigenvalue weighted by Crippen LogP contribution is 2.28. The molecule has 0 saturated carbocycles. The molecular weight excluding hydrogens is 302 g/mol. The molecule has 2 heterocycles. The van der Waals surface area contributed by atoms with Crippen LogP contribution in [0.2, 0.25) is 0 Å². The number of carbonyl (C=O) groups is 2. The van der Waals surface area contributed by atoms with Crippen LogP contribution in [0.1, 0.15) is 55.3 Å². The van der Waals surface area contributed by atoms with Gasteiger partial charge in [-0.15, -0.1) is 0 Å². The Kier molecular flexibility index (Phi) is 5.16. The second kappa shape index (κ2) is 6.73. The number of thioether (sulfide) groups is 1. The number of carboxylic acids is 1. The average molecular weight is 325 g/mol. The summed E-state index contributed by atoms with van der Waals surface area (Å²) in [5.74, 6) is -0.228. The van der Waals surface area contributed by atoms with Crippen molar-refractivity contribution < 1.29 is 14.7 Å². The molecule has 1 atom stereocenters. The minimum atomic E-state index is -1.16. The van der Waals surface area contributed by atoms with Gasteiger partial charge in [0.05, 0.1) is 6.04 Å². The van der Waals surface area contributed by atoms with Crippen LogP contribution >= 0.6 is 11.8 Å². The third kappa shape index (κ3) is 3.14. The molecule has 1 aliphatic rings. The number of carbonyl (C=O) groups excluding carboxylic acids is 1. The van der Waals surface area contributed by atoms with E-state index < -0.39 is 17.4 Å². The Morgan fingerprint density at radius 1 is 1.50 bits per heavy atom. The summed E-state index contributed by atoms with van der Waals surface area (Å²) in [6, 6.07) is 1.99. The van der Waals surface area contributed by atoms with E-state index in [0.717, 1.165) is 24.3 Å². The maximum absolute atomic E-state index is 12.4. The second-order valence-corrected chi connectivity index (χ2v) is 6.83. The van der Waals surface area contributed by atoms with Crippen LogP contribution in [0.3, 0.4) is 0 Å². The van der Waals surface area contributed by atoms with Gasteiger partial charge in [-0.05, 0) is 38.0 Å². The van der Waals surface area contributed by atoms with E-state index in [-0.39, 0.29) is 6.04 Å². The molecule has 0 aliphatic carbocycles. The highest BCUT2D eigenvalue weighted by atomic mass is 32.2. The van der Waals surface area contributed by atoms with Gasteiger partial charge in [0.2, 0.25) is 0 Å². The number of aromatic nitrogens is 2. The van der Waals surface area contributed by atoms with Crippen LogP contribution in [-0.2, 0) is 4.79 Å². The third-order valence-electron chi connectivity index (χ3n) is 4.23. The topological polar surface area (TPSA) is 84.2 Å². The van der Waals surface area contributed by atoms with Crippen molar-refractivity contribution in [2.45, 2.75) is 51.6 Å². The molecule has 2 rings (SSSR count). The summed E-state index contributed by atoms with van der Waals surface area (Å²) in [7, 11) is 0. The summed E-state index contributed by atoms with van der Waals surface area (Å²) in [5.41, 5.74) is 0.0555. The Balaban J connectivity index is 2.20. The van der Waals surface area contributed by atoms with E-state index in [1.54, 1.807) is 17.8 Å². The van der Waals surface area contributed by atoms with E-state index in [1.165, 1.54) is 0 Å². The SMILES string of the molecule is CCC(CC)n1nc(C(=O)NC2(C(=O)O)CCSC2)cc1C. The van der Waals surface area contributed by atoms with Crippen molar-refractivity contribution in [2.75, 3.05) is 11.5 Å². The summed E-state index contributed by atoms with van der Waals surface area (Å²) in [4.78, 5) is 23.9. The number of aliphatic carboxylic acids is 1. The van der Waals surface area contributed by atoms with Gasteiger partial charge < -0.3 is 10.4 Å². The fraction of sp³-hybridized carbons (Fsp3) is 0.667. The lowest BCUT2D eigenvalue weighted by Crippen LogP contribution is -2.54. The molecule has 2 N–H and O–H groups in total.